The largest absolute Gasteiger partial charge is 0.478 e. The van der Waals surface area contributed by atoms with Crippen LogP contribution in [-0.2, 0) is 11.0 Å². The van der Waals surface area contributed by atoms with E-state index in [2.05, 4.69) is 10.2 Å². The first-order valence-electron chi connectivity index (χ1n) is 10.7. The van der Waals surface area contributed by atoms with Gasteiger partial charge in [-0.05, 0) is 67.8 Å². The number of carboxylic acids is 1. The van der Waals surface area contributed by atoms with Crippen LogP contribution in [0.4, 0.5) is 13.2 Å². The summed E-state index contributed by atoms with van der Waals surface area (Å²) in [5, 5.41) is 17.0. The summed E-state index contributed by atoms with van der Waals surface area (Å²) in [7, 11) is 0. The Labute approximate surface area is 204 Å². The highest BCUT2D eigenvalue weighted by atomic mass is 32.2. The first-order valence-corrected chi connectivity index (χ1v) is 11.6. The normalized spacial score (nSPS) is 13.1. The average Bonchev–Trinajstić information content (AvgIpc) is 3.28. The van der Waals surface area contributed by atoms with Crippen molar-refractivity contribution in [3.8, 4) is 5.75 Å². The third kappa shape index (κ3) is 5.30. The number of carbonyl (C=O) groups is 1. The molecule has 0 spiro atoms. The maximum atomic E-state index is 13.1. The Bertz CT molecular complexity index is 1360. The average molecular weight is 501 g/mol. The van der Waals surface area contributed by atoms with Gasteiger partial charge in [0.05, 0.1) is 22.5 Å². The molecule has 1 unspecified atom stereocenters. The molecule has 0 bridgehead atoms. The second-order valence-corrected chi connectivity index (χ2v) is 9.82. The van der Waals surface area contributed by atoms with Crippen molar-refractivity contribution in [3.05, 3.63) is 89.1 Å². The molecule has 4 rings (SSSR count). The lowest BCUT2D eigenvalue weighted by Gasteiger charge is -2.23. The molecular weight excluding hydrogens is 477 g/mol. The second-order valence-electron chi connectivity index (χ2n) is 8.64. The van der Waals surface area contributed by atoms with Gasteiger partial charge in [0.2, 0.25) is 0 Å². The summed E-state index contributed by atoms with van der Waals surface area (Å²) in [5.74, 6) is -0.631. The number of hydrogen-bond acceptors (Lipinski definition) is 4. The van der Waals surface area contributed by atoms with Crippen LogP contribution in [0, 0.1) is 6.92 Å². The van der Waals surface area contributed by atoms with E-state index in [9.17, 15) is 23.1 Å². The van der Waals surface area contributed by atoms with Crippen molar-refractivity contribution in [1.29, 1.82) is 0 Å². The van der Waals surface area contributed by atoms with E-state index in [1.165, 1.54) is 37.7 Å². The highest BCUT2D eigenvalue weighted by molar-refractivity contribution is 7.99. The van der Waals surface area contributed by atoms with Crippen LogP contribution in [0.25, 0.3) is 10.9 Å². The lowest BCUT2D eigenvalue weighted by Crippen LogP contribution is -2.38. The van der Waals surface area contributed by atoms with Gasteiger partial charge in [0.1, 0.15) is 5.75 Å². The minimum absolute atomic E-state index is 0.330. The Morgan fingerprint density at radius 1 is 1.09 bits per heavy atom. The van der Waals surface area contributed by atoms with Crippen LogP contribution >= 0.6 is 11.8 Å². The van der Waals surface area contributed by atoms with E-state index in [4.69, 9.17) is 4.74 Å². The van der Waals surface area contributed by atoms with Gasteiger partial charge < -0.3 is 9.84 Å². The minimum atomic E-state index is -4.42. The molecule has 0 amide bonds. The predicted molar refractivity (Wildman–Crippen MR) is 129 cm³/mol. The van der Waals surface area contributed by atoms with E-state index in [-0.39, 0.29) is 5.25 Å². The number of nitrogens with one attached hydrogen (secondary N) is 1. The molecule has 0 radical (unpaired) electrons. The Balaban J connectivity index is 1.72. The Morgan fingerprint density at radius 2 is 1.80 bits per heavy atom. The molecule has 1 atom stereocenters. The van der Waals surface area contributed by atoms with Crippen molar-refractivity contribution in [2.75, 3.05) is 0 Å². The summed E-state index contributed by atoms with van der Waals surface area (Å²) in [6, 6.07) is 16.3. The Hall–Kier alpha value is -3.46. The number of nitrogens with zero attached hydrogens (tertiary/aromatic N) is 1. The highest BCUT2D eigenvalue weighted by Gasteiger charge is 2.31. The molecule has 1 aromatic heterocycles. The number of rotatable bonds is 7. The van der Waals surface area contributed by atoms with Crippen molar-refractivity contribution in [2.24, 2.45) is 0 Å². The van der Waals surface area contributed by atoms with Crippen molar-refractivity contribution >= 4 is 28.6 Å². The van der Waals surface area contributed by atoms with Crippen molar-refractivity contribution in [2.45, 2.75) is 42.7 Å². The second kappa shape index (κ2) is 9.30. The Morgan fingerprint density at radius 3 is 2.43 bits per heavy atom. The van der Waals surface area contributed by atoms with E-state index >= 15 is 0 Å². The molecular formula is C26H23F3N2O3S. The van der Waals surface area contributed by atoms with E-state index < -0.39 is 23.3 Å². The fraction of sp³-hybridized carbons (Fsp3) is 0.231. The number of aromatic amines is 1. The lowest BCUT2D eigenvalue weighted by molar-refractivity contribution is -0.152. The number of carboxylic acid groups (broad SMARTS) is 1. The van der Waals surface area contributed by atoms with Crippen LogP contribution in [0.15, 0.2) is 71.8 Å². The number of alkyl halides is 3. The van der Waals surface area contributed by atoms with Gasteiger partial charge in [-0.2, -0.15) is 18.3 Å². The zero-order valence-electron chi connectivity index (χ0n) is 19.2. The number of H-pyrrole nitrogens is 1. The number of aromatic nitrogens is 2. The maximum absolute atomic E-state index is 13.1. The van der Waals surface area contributed by atoms with Gasteiger partial charge in [-0.1, -0.05) is 30.3 Å². The molecule has 5 nitrogen and oxygen atoms in total. The number of aliphatic carboxylic acids is 1. The number of benzene rings is 3. The van der Waals surface area contributed by atoms with Crippen LogP contribution in [0.5, 0.6) is 5.75 Å². The molecule has 35 heavy (non-hydrogen) atoms. The van der Waals surface area contributed by atoms with Gasteiger partial charge >= 0.3 is 12.1 Å². The Kier molecular flexibility index (Phi) is 6.55. The molecule has 3 aromatic carbocycles. The standard InChI is InChI=1S/C26H23F3N2O3S/c1-15-13-19(11-12-21(15)34-25(2,3)24(32)33)35-23(16-7-9-18(10-8-16)26(27,28)29)20-6-4-5-17-14-30-31-22(17)20/h4-14,23H,1-3H3,(H,30,31)(H,32,33). The van der Waals surface area contributed by atoms with E-state index in [1.54, 1.807) is 12.3 Å². The molecule has 0 aliphatic heterocycles. The van der Waals surface area contributed by atoms with Crippen molar-refractivity contribution in [1.82, 2.24) is 10.2 Å². The molecule has 4 aromatic rings. The first-order chi connectivity index (χ1) is 16.5. The quantitative estimate of drug-likeness (QED) is 0.267. The summed E-state index contributed by atoms with van der Waals surface area (Å²) in [4.78, 5) is 12.3. The first kappa shape index (κ1) is 24.7. The van der Waals surface area contributed by atoms with Crippen molar-refractivity contribution < 1.29 is 27.8 Å². The lowest BCUT2D eigenvalue weighted by atomic mass is 10.0. The molecule has 1 heterocycles. The number of halogens is 3. The molecule has 182 valence electrons. The fourth-order valence-electron chi connectivity index (χ4n) is 3.63. The van der Waals surface area contributed by atoms with Gasteiger partial charge in [-0.15, -0.1) is 11.8 Å². The van der Waals surface area contributed by atoms with Crippen LogP contribution in [0.3, 0.4) is 0 Å². The molecule has 9 heteroatoms. The van der Waals surface area contributed by atoms with Gasteiger partial charge in [-0.3, -0.25) is 5.10 Å². The number of aryl methyl sites for hydroxylation is 1. The van der Waals surface area contributed by atoms with E-state index in [0.717, 1.165) is 39.1 Å². The third-order valence-corrected chi connectivity index (χ3v) is 6.90. The minimum Gasteiger partial charge on any atom is -0.478 e. The van der Waals surface area contributed by atoms with Crippen LogP contribution in [-0.4, -0.2) is 26.9 Å². The van der Waals surface area contributed by atoms with Gasteiger partial charge in [0, 0.05) is 10.3 Å². The fourth-order valence-corrected chi connectivity index (χ4v) is 4.91. The van der Waals surface area contributed by atoms with Crippen LogP contribution < -0.4 is 4.74 Å². The van der Waals surface area contributed by atoms with Gasteiger partial charge in [0.25, 0.3) is 0 Å². The van der Waals surface area contributed by atoms with Gasteiger partial charge in [0.15, 0.2) is 5.60 Å². The van der Waals surface area contributed by atoms with Crippen LogP contribution in [0.2, 0.25) is 0 Å². The zero-order chi connectivity index (χ0) is 25.4. The number of ether oxygens (including phenoxy) is 1. The summed E-state index contributed by atoms with van der Waals surface area (Å²) in [6.45, 7) is 4.77. The zero-order valence-corrected chi connectivity index (χ0v) is 20.0. The smallest absolute Gasteiger partial charge is 0.416 e. The summed E-state index contributed by atoms with van der Waals surface area (Å²) < 4.78 is 45.1. The number of fused-ring (bicyclic) bond motifs is 1. The monoisotopic (exact) mass is 500 g/mol. The van der Waals surface area contributed by atoms with Crippen molar-refractivity contribution in [3.63, 3.8) is 0 Å². The van der Waals surface area contributed by atoms with Gasteiger partial charge in [-0.25, -0.2) is 4.79 Å². The summed E-state index contributed by atoms with van der Waals surface area (Å²) in [6.07, 6.45) is -2.71. The SMILES string of the molecule is Cc1cc(SC(c2ccc(C(F)(F)F)cc2)c2cccc3cn[nH]c23)ccc1OC(C)(C)C(=O)O. The molecule has 0 saturated carbocycles. The summed E-state index contributed by atoms with van der Waals surface area (Å²) >= 11 is 1.47. The molecule has 0 fully saturated rings. The van der Waals surface area contributed by atoms with Crippen LogP contribution in [0.1, 0.15) is 41.4 Å². The van der Waals surface area contributed by atoms with E-state index in [1.807, 2.05) is 37.3 Å². The number of thioether (sulfide) groups is 1. The number of hydrogen-bond donors (Lipinski definition) is 2. The maximum Gasteiger partial charge on any atom is 0.416 e. The topological polar surface area (TPSA) is 75.2 Å². The molecule has 2 N–H and O–H groups in total. The third-order valence-electron chi connectivity index (χ3n) is 5.61. The molecule has 0 aliphatic rings. The highest BCUT2D eigenvalue weighted by Crippen LogP contribution is 2.44. The summed E-state index contributed by atoms with van der Waals surface area (Å²) in [5.41, 5.74) is 1.05. The predicted octanol–water partition coefficient (Wildman–Crippen LogP) is 7.01. The number of para-hydroxylation sites is 1. The van der Waals surface area contributed by atoms with E-state index in [0.29, 0.717) is 11.3 Å². The molecule has 0 saturated heterocycles. The molecule has 0 aliphatic carbocycles.